The van der Waals surface area contributed by atoms with Gasteiger partial charge in [-0.2, -0.15) is 0 Å². The van der Waals surface area contributed by atoms with Crippen LogP contribution in [0.1, 0.15) is 25.7 Å². The minimum absolute atomic E-state index is 0. The molecule has 2 aromatic rings. The number of para-hydroxylation sites is 1. The normalized spacial score (nSPS) is 15.7. The van der Waals surface area contributed by atoms with Crippen LogP contribution in [0.4, 0.5) is 5.69 Å². The topological polar surface area (TPSA) is 65.6 Å². The first-order chi connectivity index (χ1) is 10.3. The van der Waals surface area contributed by atoms with E-state index in [0.717, 1.165) is 24.0 Å². The van der Waals surface area contributed by atoms with Crippen LogP contribution in [0.25, 0.3) is 10.9 Å². The maximum absolute atomic E-state index is 9.96. The molecule has 5 nitrogen and oxygen atoms in total. The third-order valence-corrected chi connectivity index (χ3v) is 4.17. The fraction of sp³-hybridized carbons (Fsp3) is 0.400. The molecule has 1 saturated heterocycles. The molecule has 1 aromatic carbocycles. The number of aromatic hydroxyl groups is 1. The summed E-state index contributed by atoms with van der Waals surface area (Å²) >= 11 is 5.40. The SMILES string of the molecule is Oc1[nH]c2ccccc2c1N=[NH+]C(=S)N1CCCCCC1.[Cu+2]. The van der Waals surface area contributed by atoms with Gasteiger partial charge < -0.3 is 10.1 Å². The van der Waals surface area contributed by atoms with Crippen LogP contribution >= 0.6 is 12.2 Å². The van der Waals surface area contributed by atoms with Crippen molar-refractivity contribution in [3.63, 3.8) is 0 Å². The molecule has 1 radical (unpaired) electrons. The first-order valence-electron chi connectivity index (χ1n) is 7.31. The molecule has 0 atom stereocenters. The molecule has 0 unspecified atom stereocenters. The Morgan fingerprint density at radius 3 is 2.59 bits per heavy atom. The van der Waals surface area contributed by atoms with Crippen molar-refractivity contribution in [2.75, 3.05) is 13.1 Å². The molecular formula is C15H19CuN4OS+3. The van der Waals surface area contributed by atoms with Gasteiger partial charge in [-0.25, -0.2) is 0 Å². The zero-order valence-electron chi connectivity index (χ0n) is 12.1. The van der Waals surface area contributed by atoms with Crippen molar-refractivity contribution in [3.8, 4) is 5.88 Å². The molecule has 0 bridgehead atoms. The van der Waals surface area contributed by atoms with E-state index in [9.17, 15) is 5.11 Å². The van der Waals surface area contributed by atoms with Gasteiger partial charge in [0.25, 0.3) is 0 Å². The summed E-state index contributed by atoms with van der Waals surface area (Å²) in [6, 6.07) is 7.65. The Balaban J connectivity index is 0.00000176. The third-order valence-electron chi connectivity index (χ3n) is 3.82. The summed E-state index contributed by atoms with van der Waals surface area (Å²) in [4.78, 5) is 5.06. The van der Waals surface area contributed by atoms with Gasteiger partial charge in [-0.05, 0) is 31.7 Å². The maximum Gasteiger partial charge on any atom is 2.00 e. The number of rotatable bonds is 1. The summed E-state index contributed by atoms with van der Waals surface area (Å²) in [5, 5.41) is 18.7. The van der Waals surface area contributed by atoms with Gasteiger partial charge in [-0.3, -0.25) is 4.90 Å². The van der Waals surface area contributed by atoms with E-state index in [1.165, 1.54) is 25.7 Å². The van der Waals surface area contributed by atoms with Crippen LogP contribution in [0.5, 0.6) is 5.88 Å². The van der Waals surface area contributed by atoms with Crippen molar-refractivity contribution in [2.24, 2.45) is 5.11 Å². The van der Waals surface area contributed by atoms with Gasteiger partial charge in [-0.1, -0.05) is 23.3 Å². The predicted octanol–water partition coefficient (Wildman–Crippen LogP) is 2.20. The molecule has 0 saturated carbocycles. The van der Waals surface area contributed by atoms with Crippen LogP contribution in [-0.2, 0) is 17.1 Å². The average molecular weight is 367 g/mol. The van der Waals surface area contributed by atoms with Crippen molar-refractivity contribution in [1.82, 2.24) is 9.88 Å². The zero-order valence-corrected chi connectivity index (χ0v) is 13.9. The number of hydrogen-bond donors (Lipinski definition) is 3. The molecule has 7 heteroatoms. The summed E-state index contributed by atoms with van der Waals surface area (Å²) in [5.74, 6) is 0.0577. The molecule has 3 N–H and O–H groups in total. The number of likely N-dealkylation sites (tertiary alicyclic amines) is 1. The van der Waals surface area contributed by atoms with Crippen molar-refractivity contribution < 1.29 is 27.3 Å². The summed E-state index contributed by atoms with van der Waals surface area (Å²) in [7, 11) is 0. The standard InChI is InChI=1S/C15H18N4OS.Cu/c20-14-13(11-7-3-4-8-12(11)16-14)17-18-15(21)19-9-5-1-2-6-10-19;/h3-4,7-8,16,20H,1-2,5-6,9-10H2;/q;+2/p+1. The van der Waals surface area contributed by atoms with E-state index in [1.54, 1.807) is 0 Å². The number of fused-ring (bicyclic) bond motifs is 1. The van der Waals surface area contributed by atoms with E-state index < -0.39 is 0 Å². The first-order valence-corrected chi connectivity index (χ1v) is 7.72. The third kappa shape index (κ3) is 3.66. The molecule has 1 aliphatic rings. The largest absolute Gasteiger partial charge is 2.00 e. The van der Waals surface area contributed by atoms with E-state index in [1.807, 2.05) is 24.3 Å². The molecule has 0 spiro atoms. The Morgan fingerprint density at radius 2 is 1.86 bits per heavy atom. The summed E-state index contributed by atoms with van der Waals surface area (Å²) in [5.41, 5.74) is 1.36. The molecule has 119 valence electrons. The first kappa shape index (κ1) is 16.9. The fourth-order valence-electron chi connectivity index (χ4n) is 2.67. The molecule has 0 aliphatic carbocycles. The van der Waals surface area contributed by atoms with Crippen LogP contribution < -0.4 is 5.11 Å². The maximum atomic E-state index is 9.96. The molecule has 3 rings (SSSR count). The number of azo groups is 1. The van der Waals surface area contributed by atoms with Crippen LogP contribution in [0.3, 0.4) is 0 Å². The second kappa shape index (κ2) is 7.72. The summed E-state index contributed by atoms with van der Waals surface area (Å²) in [6.07, 6.45) is 4.86. The smallest absolute Gasteiger partial charge is 0.493 e. The second-order valence-corrected chi connectivity index (χ2v) is 5.68. The average Bonchev–Trinajstić information content (AvgIpc) is 2.68. The molecule has 1 fully saturated rings. The van der Waals surface area contributed by atoms with Gasteiger partial charge in [0.1, 0.15) is 0 Å². The number of hydrogen-bond acceptors (Lipinski definition) is 3. The van der Waals surface area contributed by atoms with Crippen molar-refractivity contribution in [2.45, 2.75) is 25.7 Å². The van der Waals surface area contributed by atoms with Gasteiger partial charge in [0.15, 0.2) is 5.69 Å². The Bertz CT molecular complexity index is 677. The van der Waals surface area contributed by atoms with E-state index >= 15 is 0 Å². The minimum atomic E-state index is 0. The number of nitrogens with zero attached hydrogens (tertiary/aromatic N) is 2. The predicted molar refractivity (Wildman–Crippen MR) is 85.7 cm³/mol. The number of aromatic nitrogens is 1. The Kier molecular flexibility index (Phi) is 5.94. The number of nitrogens with one attached hydrogen (secondary N) is 2. The Morgan fingerprint density at radius 1 is 1.18 bits per heavy atom. The van der Waals surface area contributed by atoms with Gasteiger partial charge in [0, 0.05) is 17.6 Å². The van der Waals surface area contributed by atoms with Crippen molar-refractivity contribution >= 4 is 33.9 Å². The number of benzene rings is 1. The summed E-state index contributed by atoms with van der Waals surface area (Å²) in [6.45, 7) is 1.95. The number of aromatic amines is 1. The molecule has 0 amide bonds. The molecule has 2 heterocycles. The quantitative estimate of drug-likeness (QED) is 0.412. The molecule has 1 aromatic heterocycles. The number of H-pyrrole nitrogens is 1. The minimum Gasteiger partial charge on any atom is -0.493 e. The molecular weight excluding hydrogens is 348 g/mol. The second-order valence-electron chi connectivity index (χ2n) is 5.30. The number of thiocarbonyl (C=S) groups is 1. The van der Waals surface area contributed by atoms with Crippen molar-refractivity contribution in [3.05, 3.63) is 24.3 Å². The van der Waals surface area contributed by atoms with E-state index in [0.29, 0.717) is 10.8 Å². The monoisotopic (exact) mass is 366 g/mol. The molecule has 22 heavy (non-hydrogen) atoms. The van der Waals surface area contributed by atoms with Crippen LogP contribution in [0.15, 0.2) is 29.4 Å². The molecule has 1 aliphatic heterocycles. The Labute approximate surface area is 145 Å². The Hall–Kier alpha value is -1.43. The van der Waals surface area contributed by atoms with Gasteiger partial charge in [-0.15, -0.1) is 5.11 Å². The van der Waals surface area contributed by atoms with Crippen LogP contribution in [-0.4, -0.2) is 33.2 Å². The van der Waals surface area contributed by atoms with E-state index in [-0.39, 0.29) is 22.9 Å². The van der Waals surface area contributed by atoms with E-state index in [4.69, 9.17) is 12.2 Å². The van der Waals surface area contributed by atoms with Gasteiger partial charge in [0.2, 0.25) is 5.88 Å². The fourth-order valence-corrected chi connectivity index (χ4v) is 2.90. The van der Waals surface area contributed by atoms with Crippen LogP contribution in [0, 0.1) is 0 Å². The summed E-state index contributed by atoms with van der Waals surface area (Å²) < 4.78 is 0. The van der Waals surface area contributed by atoms with Crippen molar-refractivity contribution in [1.29, 1.82) is 0 Å². The van der Waals surface area contributed by atoms with E-state index in [2.05, 4.69) is 20.1 Å². The van der Waals surface area contributed by atoms with Gasteiger partial charge in [0.05, 0.1) is 18.6 Å². The van der Waals surface area contributed by atoms with Crippen LogP contribution in [0.2, 0.25) is 0 Å². The van der Waals surface area contributed by atoms with Gasteiger partial charge >= 0.3 is 22.2 Å². The zero-order chi connectivity index (χ0) is 14.7.